The van der Waals surface area contributed by atoms with Crippen LogP contribution in [0.3, 0.4) is 0 Å². The molecule has 1 atom stereocenters. The molecular weight excluding hydrogens is 274 g/mol. The smallest absolute Gasteiger partial charge is 0.288 e. The number of anilines is 1. The SMILES string of the molecule is CCC(C)N(C)CCNC(=O)c1cc([N+](=O)[O-])cnc1N. The van der Waals surface area contributed by atoms with Gasteiger partial charge in [0.1, 0.15) is 12.0 Å². The monoisotopic (exact) mass is 295 g/mol. The fourth-order valence-corrected chi connectivity index (χ4v) is 1.72. The first kappa shape index (κ1) is 16.8. The molecule has 116 valence electrons. The van der Waals surface area contributed by atoms with Crippen molar-refractivity contribution in [2.75, 3.05) is 25.9 Å². The molecule has 1 amide bonds. The summed E-state index contributed by atoms with van der Waals surface area (Å²) in [7, 11) is 1.98. The highest BCUT2D eigenvalue weighted by Gasteiger charge is 2.16. The molecule has 0 aromatic carbocycles. The largest absolute Gasteiger partial charge is 0.383 e. The van der Waals surface area contributed by atoms with Crippen molar-refractivity contribution in [1.29, 1.82) is 0 Å². The zero-order valence-corrected chi connectivity index (χ0v) is 12.5. The van der Waals surface area contributed by atoms with Gasteiger partial charge in [-0.1, -0.05) is 6.92 Å². The summed E-state index contributed by atoms with van der Waals surface area (Å²) < 4.78 is 0. The second-order valence-electron chi connectivity index (χ2n) is 4.88. The van der Waals surface area contributed by atoms with Gasteiger partial charge < -0.3 is 16.0 Å². The molecule has 1 rings (SSSR count). The molecule has 0 radical (unpaired) electrons. The van der Waals surface area contributed by atoms with Crippen molar-refractivity contribution < 1.29 is 9.72 Å². The summed E-state index contributed by atoms with van der Waals surface area (Å²) in [5, 5.41) is 13.4. The summed E-state index contributed by atoms with van der Waals surface area (Å²) in [6, 6.07) is 1.56. The Hall–Kier alpha value is -2.22. The molecule has 1 aromatic heterocycles. The summed E-state index contributed by atoms with van der Waals surface area (Å²) in [5.74, 6) is -0.477. The van der Waals surface area contributed by atoms with Gasteiger partial charge >= 0.3 is 0 Å². The maximum atomic E-state index is 12.0. The van der Waals surface area contributed by atoms with Crippen LogP contribution in [0, 0.1) is 10.1 Å². The number of hydrogen-bond acceptors (Lipinski definition) is 6. The lowest BCUT2D eigenvalue weighted by Gasteiger charge is -2.23. The van der Waals surface area contributed by atoms with E-state index in [0.717, 1.165) is 18.7 Å². The van der Waals surface area contributed by atoms with E-state index in [9.17, 15) is 14.9 Å². The summed E-state index contributed by atoms with van der Waals surface area (Å²) in [6.07, 6.45) is 2.05. The van der Waals surface area contributed by atoms with Crippen molar-refractivity contribution in [2.45, 2.75) is 26.3 Å². The van der Waals surface area contributed by atoms with Crippen LogP contribution in [0.5, 0.6) is 0 Å². The van der Waals surface area contributed by atoms with Gasteiger partial charge in [0, 0.05) is 25.2 Å². The Morgan fingerprint density at radius 1 is 1.62 bits per heavy atom. The molecule has 1 unspecified atom stereocenters. The van der Waals surface area contributed by atoms with Gasteiger partial charge in [-0.2, -0.15) is 0 Å². The molecule has 8 heteroatoms. The molecule has 0 aliphatic heterocycles. The van der Waals surface area contributed by atoms with Crippen molar-refractivity contribution >= 4 is 17.4 Å². The Balaban J connectivity index is 2.64. The highest BCUT2D eigenvalue weighted by molar-refractivity contribution is 5.98. The number of carbonyl (C=O) groups is 1. The lowest BCUT2D eigenvalue weighted by atomic mass is 10.2. The normalized spacial score (nSPS) is 12.2. The maximum Gasteiger partial charge on any atom is 0.288 e. The summed E-state index contributed by atoms with van der Waals surface area (Å²) in [4.78, 5) is 27.9. The average Bonchev–Trinajstić information content (AvgIpc) is 2.46. The number of rotatable bonds is 7. The number of nitro groups is 1. The van der Waals surface area contributed by atoms with Crippen LogP contribution in [-0.2, 0) is 0 Å². The number of aromatic nitrogens is 1. The number of carbonyl (C=O) groups excluding carboxylic acids is 1. The molecule has 0 saturated heterocycles. The second-order valence-corrected chi connectivity index (χ2v) is 4.88. The van der Waals surface area contributed by atoms with E-state index in [4.69, 9.17) is 5.73 Å². The number of nitrogens with one attached hydrogen (secondary N) is 1. The predicted octanol–water partition coefficient (Wildman–Crippen LogP) is 1.03. The van der Waals surface area contributed by atoms with Gasteiger partial charge in [0.05, 0.1) is 10.5 Å². The predicted molar refractivity (Wildman–Crippen MR) is 80.0 cm³/mol. The van der Waals surface area contributed by atoms with Crippen LogP contribution < -0.4 is 11.1 Å². The first-order chi connectivity index (χ1) is 9.86. The number of amides is 1. The van der Waals surface area contributed by atoms with Gasteiger partial charge in [-0.15, -0.1) is 0 Å². The van der Waals surface area contributed by atoms with E-state index >= 15 is 0 Å². The van der Waals surface area contributed by atoms with Crippen molar-refractivity contribution in [3.05, 3.63) is 27.9 Å². The Morgan fingerprint density at radius 3 is 2.86 bits per heavy atom. The van der Waals surface area contributed by atoms with E-state index in [1.165, 1.54) is 0 Å². The molecule has 8 nitrogen and oxygen atoms in total. The standard InChI is InChI=1S/C13H21N5O3/c1-4-9(2)17(3)6-5-15-13(19)11-7-10(18(20)21)8-16-12(11)14/h7-9H,4-6H2,1-3H3,(H2,14,16)(H,15,19). The maximum absolute atomic E-state index is 12.0. The fraction of sp³-hybridized carbons (Fsp3) is 0.538. The van der Waals surface area contributed by atoms with Crippen molar-refractivity contribution in [3.63, 3.8) is 0 Å². The Bertz CT molecular complexity index is 521. The van der Waals surface area contributed by atoms with Crippen LogP contribution in [0.25, 0.3) is 0 Å². The molecule has 0 aliphatic carbocycles. The summed E-state index contributed by atoms with van der Waals surface area (Å²) >= 11 is 0. The molecule has 1 aromatic rings. The van der Waals surface area contributed by atoms with Crippen LogP contribution in [0.1, 0.15) is 30.6 Å². The molecule has 21 heavy (non-hydrogen) atoms. The third-order valence-electron chi connectivity index (χ3n) is 3.45. The van der Waals surface area contributed by atoms with Gasteiger partial charge in [0.25, 0.3) is 11.6 Å². The zero-order valence-electron chi connectivity index (χ0n) is 12.5. The van der Waals surface area contributed by atoms with Gasteiger partial charge in [0.2, 0.25) is 0 Å². The quantitative estimate of drug-likeness (QED) is 0.573. The van der Waals surface area contributed by atoms with Crippen LogP contribution >= 0.6 is 0 Å². The topological polar surface area (TPSA) is 114 Å². The van der Waals surface area contributed by atoms with Crippen LogP contribution in [0.15, 0.2) is 12.3 Å². The number of nitrogens with zero attached hydrogens (tertiary/aromatic N) is 3. The molecular formula is C13H21N5O3. The first-order valence-corrected chi connectivity index (χ1v) is 6.75. The minimum absolute atomic E-state index is 0.0200. The number of likely N-dealkylation sites (N-methyl/N-ethyl adjacent to an activating group) is 1. The van der Waals surface area contributed by atoms with Crippen LogP contribution in [-0.4, -0.2) is 46.9 Å². The fourth-order valence-electron chi connectivity index (χ4n) is 1.72. The first-order valence-electron chi connectivity index (χ1n) is 6.75. The van der Waals surface area contributed by atoms with Crippen molar-refractivity contribution in [1.82, 2.24) is 15.2 Å². The highest BCUT2D eigenvalue weighted by Crippen LogP contribution is 2.16. The van der Waals surface area contributed by atoms with E-state index in [2.05, 4.69) is 29.0 Å². The van der Waals surface area contributed by atoms with Crippen molar-refractivity contribution in [3.8, 4) is 0 Å². The third-order valence-corrected chi connectivity index (χ3v) is 3.45. The van der Waals surface area contributed by atoms with Crippen LogP contribution in [0.2, 0.25) is 0 Å². The number of hydrogen-bond donors (Lipinski definition) is 2. The average molecular weight is 295 g/mol. The van der Waals surface area contributed by atoms with E-state index in [0.29, 0.717) is 19.1 Å². The lowest BCUT2D eigenvalue weighted by molar-refractivity contribution is -0.385. The number of nitrogens with two attached hydrogens (primary N) is 1. The molecule has 0 bridgehead atoms. The molecule has 0 fully saturated rings. The van der Waals surface area contributed by atoms with E-state index < -0.39 is 10.8 Å². The molecule has 0 saturated carbocycles. The van der Waals surface area contributed by atoms with Crippen molar-refractivity contribution in [2.24, 2.45) is 0 Å². The minimum atomic E-state index is -0.611. The highest BCUT2D eigenvalue weighted by atomic mass is 16.6. The number of nitrogen functional groups attached to an aromatic ring is 1. The number of pyridine rings is 1. The van der Waals surface area contributed by atoms with Gasteiger partial charge in [-0.3, -0.25) is 14.9 Å². The third kappa shape index (κ3) is 4.67. The van der Waals surface area contributed by atoms with Gasteiger partial charge in [0.15, 0.2) is 0 Å². The van der Waals surface area contributed by atoms with E-state index in [1.54, 1.807) is 0 Å². The Labute approximate surface area is 123 Å². The van der Waals surface area contributed by atoms with Gasteiger partial charge in [-0.05, 0) is 20.4 Å². The molecule has 0 aliphatic rings. The Kier molecular flexibility index (Phi) is 6.04. The van der Waals surface area contributed by atoms with Crippen LogP contribution in [0.4, 0.5) is 11.5 Å². The Morgan fingerprint density at radius 2 is 2.29 bits per heavy atom. The minimum Gasteiger partial charge on any atom is -0.383 e. The summed E-state index contributed by atoms with van der Waals surface area (Å²) in [6.45, 7) is 5.31. The molecule has 3 N–H and O–H groups in total. The van der Waals surface area contributed by atoms with E-state index in [-0.39, 0.29) is 17.1 Å². The lowest BCUT2D eigenvalue weighted by Crippen LogP contribution is -2.37. The molecule has 0 spiro atoms. The second kappa shape index (κ2) is 7.53. The molecule has 1 heterocycles. The zero-order chi connectivity index (χ0) is 16.0. The summed E-state index contributed by atoms with van der Waals surface area (Å²) in [5.41, 5.74) is 5.35. The van der Waals surface area contributed by atoms with E-state index in [1.807, 2.05) is 7.05 Å². The van der Waals surface area contributed by atoms with Gasteiger partial charge in [-0.25, -0.2) is 4.98 Å².